The van der Waals surface area contributed by atoms with Crippen LogP contribution in [0, 0.1) is 0 Å². The minimum Gasteiger partial charge on any atom is -0.316 e. The van der Waals surface area contributed by atoms with E-state index in [4.69, 9.17) is 0 Å². The average Bonchev–Trinajstić information content (AvgIpc) is 3.20. The van der Waals surface area contributed by atoms with Crippen LogP contribution in [0.3, 0.4) is 0 Å². The Morgan fingerprint density at radius 1 is 1.12 bits per heavy atom. The molecule has 0 aliphatic heterocycles. The largest absolute Gasteiger partial charge is 0.316 e. The number of benzene rings is 1. The summed E-state index contributed by atoms with van der Waals surface area (Å²) in [6, 6.07) is 11.9. The number of carbonyl (C=O) groups excluding carboxylic acids is 1. The van der Waals surface area contributed by atoms with E-state index < -0.39 is 0 Å². The Labute approximate surface area is 143 Å². The molecule has 0 bridgehead atoms. The lowest BCUT2D eigenvalue weighted by molar-refractivity contribution is -0.114. The monoisotopic (exact) mass is 332 g/mol. The van der Waals surface area contributed by atoms with Gasteiger partial charge in [-0.2, -0.15) is 5.10 Å². The van der Waals surface area contributed by atoms with E-state index in [-0.39, 0.29) is 5.91 Å². The minimum absolute atomic E-state index is 0.142. The molecule has 3 aromatic heterocycles. The average molecular weight is 332 g/mol. The Morgan fingerprint density at radius 2 is 1.92 bits per heavy atom. The third kappa shape index (κ3) is 2.87. The van der Waals surface area contributed by atoms with Gasteiger partial charge in [-0.15, -0.1) is 0 Å². The topological polar surface area (TPSA) is 77.6 Å². The molecule has 4 rings (SSSR count). The maximum Gasteiger partial charge on any atom is 0.222 e. The number of hydrogen-bond donors (Lipinski definition) is 1. The molecule has 7 nitrogen and oxygen atoms in total. The fraction of sp³-hybridized carbons (Fsp3) is 0.111. The van der Waals surface area contributed by atoms with Gasteiger partial charge in [0.2, 0.25) is 5.91 Å². The second kappa shape index (κ2) is 5.86. The predicted molar refractivity (Wildman–Crippen MR) is 95.4 cm³/mol. The van der Waals surface area contributed by atoms with Crippen molar-refractivity contribution in [3.8, 4) is 17.1 Å². The third-order valence-corrected chi connectivity index (χ3v) is 3.88. The van der Waals surface area contributed by atoms with Crippen LogP contribution in [0.15, 0.2) is 55.1 Å². The fourth-order valence-corrected chi connectivity index (χ4v) is 2.74. The van der Waals surface area contributed by atoms with E-state index in [0.717, 1.165) is 22.2 Å². The Kier molecular flexibility index (Phi) is 3.53. The van der Waals surface area contributed by atoms with Crippen LogP contribution in [0.2, 0.25) is 0 Å². The summed E-state index contributed by atoms with van der Waals surface area (Å²) in [5.41, 5.74) is 2.94. The van der Waals surface area contributed by atoms with Gasteiger partial charge in [-0.05, 0) is 30.3 Å². The molecule has 25 heavy (non-hydrogen) atoms. The van der Waals surface area contributed by atoms with Crippen LogP contribution in [0.4, 0.5) is 5.82 Å². The van der Waals surface area contributed by atoms with Gasteiger partial charge in [-0.3, -0.25) is 9.48 Å². The van der Waals surface area contributed by atoms with Crippen molar-refractivity contribution in [3.63, 3.8) is 0 Å². The number of fused-ring (bicyclic) bond motifs is 1. The van der Waals surface area contributed by atoms with Gasteiger partial charge in [0, 0.05) is 49.1 Å². The van der Waals surface area contributed by atoms with Crippen LogP contribution < -0.4 is 5.32 Å². The standard InChI is InChI=1S/C18H16N6O/c1-12(25)21-17-9-16-14(10-19-17)7-8-24(16)15-5-3-13(4-6-15)18-20-11-23(2)22-18/h3-11H,1-2H3,(H,19,21,25). The maximum absolute atomic E-state index is 11.2. The summed E-state index contributed by atoms with van der Waals surface area (Å²) in [6.45, 7) is 1.47. The van der Waals surface area contributed by atoms with E-state index in [9.17, 15) is 4.79 Å². The lowest BCUT2D eigenvalue weighted by atomic mass is 10.2. The SMILES string of the molecule is CC(=O)Nc1cc2c(ccn2-c2ccc(-c3ncn(C)n3)cc2)cn1. The number of nitrogens with zero attached hydrogens (tertiary/aromatic N) is 5. The normalized spacial score (nSPS) is 11.0. The molecule has 0 radical (unpaired) electrons. The highest BCUT2D eigenvalue weighted by Gasteiger charge is 2.08. The Hall–Kier alpha value is -3.48. The van der Waals surface area contributed by atoms with Crippen LogP contribution >= 0.6 is 0 Å². The van der Waals surface area contributed by atoms with Crippen molar-refractivity contribution in [2.24, 2.45) is 7.05 Å². The first-order valence-corrected chi connectivity index (χ1v) is 7.81. The number of anilines is 1. The molecule has 124 valence electrons. The molecule has 1 amide bonds. The van der Waals surface area contributed by atoms with E-state index in [0.29, 0.717) is 11.6 Å². The lowest BCUT2D eigenvalue weighted by Gasteiger charge is -2.07. The zero-order valence-corrected chi connectivity index (χ0v) is 13.8. The molecule has 0 atom stereocenters. The third-order valence-electron chi connectivity index (χ3n) is 3.88. The zero-order chi connectivity index (χ0) is 17.4. The molecule has 0 unspecified atom stereocenters. The van der Waals surface area contributed by atoms with Gasteiger partial charge in [0.05, 0.1) is 5.52 Å². The fourth-order valence-electron chi connectivity index (χ4n) is 2.74. The van der Waals surface area contributed by atoms with Gasteiger partial charge in [0.1, 0.15) is 12.1 Å². The summed E-state index contributed by atoms with van der Waals surface area (Å²) in [6.07, 6.45) is 5.42. The molecule has 3 heterocycles. The highest BCUT2D eigenvalue weighted by molar-refractivity contribution is 5.91. The maximum atomic E-state index is 11.2. The molecular formula is C18H16N6O. The number of aromatic nitrogens is 5. The van der Waals surface area contributed by atoms with Crippen LogP contribution in [-0.4, -0.2) is 30.2 Å². The second-order valence-corrected chi connectivity index (χ2v) is 5.78. The Balaban J connectivity index is 1.72. The zero-order valence-electron chi connectivity index (χ0n) is 13.8. The number of pyridine rings is 1. The minimum atomic E-state index is -0.142. The number of rotatable bonds is 3. The first kappa shape index (κ1) is 15.1. The second-order valence-electron chi connectivity index (χ2n) is 5.78. The Bertz CT molecular complexity index is 1060. The van der Waals surface area contributed by atoms with Gasteiger partial charge in [0.25, 0.3) is 0 Å². The smallest absolute Gasteiger partial charge is 0.222 e. The van der Waals surface area contributed by atoms with E-state index >= 15 is 0 Å². The Morgan fingerprint density at radius 3 is 2.60 bits per heavy atom. The van der Waals surface area contributed by atoms with E-state index in [1.807, 2.05) is 49.6 Å². The molecule has 0 fully saturated rings. The molecule has 1 aromatic carbocycles. The van der Waals surface area contributed by atoms with E-state index in [1.54, 1.807) is 17.2 Å². The molecular weight excluding hydrogens is 316 g/mol. The van der Waals surface area contributed by atoms with Crippen molar-refractivity contribution in [1.82, 2.24) is 24.3 Å². The van der Waals surface area contributed by atoms with Crippen molar-refractivity contribution in [2.75, 3.05) is 5.32 Å². The van der Waals surface area contributed by atoms with Crippen molar-refractivity contribution in [3.05, 3.63) is 55.1 Å². The molecule has 1 N–H and O–H groups in total. The van der Waals surface area contributed by atoms with Crippen molar-refractivity contribution in [1.29, 1.82) is 0 Å². The van der Waals surface area contributed by atoms with Gasteiger partial charge in [-0.1, -0.05) is 0 Å². The molecule has 0 aliphatic carbocycles. The summed E-state index contributed by atoms with van der Waals surface area (Å²) >= 11 is 0. The number of amides is 1. The van der Waals surface area contributed by atoms with Crippen molar-refractivity contribution in [2.45, 2.75) is 6.92 Å². The van der Waals surface area contributed by atoms with Crippen LogP contribution in [0.1, 0.15) is 6.92 Å². The molecule has 0 aliphatic rings. The van der Waals surface area contributed by atoms with Gasteiger partial charge < -0.3 is 9.88 Å². The highest BCUT2D eigenvalue weighted by Crippen LogP contribution is 2.24. The van der Waals surface area contributed by atoms with Crippen LogP contribution in [-0.2, 0) is 11.8 Å². The summed E-state index contributed by atoms with van der Waals surface area (Å²) in [7, 11) is 1.84. The molecule has 0 saturated carbocycles. The van der Waals surface area contributed by atoms with Crippen molar-refractivity contribution < 1.29 is 4.79 Å². The number of hydrogen-bond acceptors (Lipinski definition) is 4. The molecule has 0 spiro atoms. The summed E-state index contributed by atoms with van der Waals surface area (Å²) in [5, 5.41) is 8.03. The number of carbonyl (C=O) groups is 1. The summed E-state index contributed by atoms with van der Waals surface area (Å²) in [5.74, 6) is 1.09. The van der Waals surface area contributed by atoms with Gasteiger partial charge in [0.15, 0.2) is 5.82 Å². The molecule has 4 aromatic rings. The first-order valence-electron chi connectivity index (χ1n) is 7.81. The number of nitrogens with one attached hydrogen (secondary N) is 1. The first-order chi connectivity index (χ1) is 12.1. The van der Waals surface area contributed by atoms with Crippen LogP contribution in [0.25, 0.3) is 28.0 Å². The van der Waals surface area contributed by atoms with Gasteiger partial charge >= 0.3 is 0 Å². The quantitative estimate of drug-likeness (QED) is 0.626. The van der Waals surface area contributed by atoms with E-state index in [2.05, 4.69) is 25.0 Å². The highest BCUT2D eigenvalue weighted by atomic mass is 16.1. The molecule has 0 saturated heterocycles. The van der Waals surface area contributed by atoms with Crippen molar-refractivity contribution >= 4 is 22.6 Å². The lowest BCUT2D eigenvalue weighted by Crippen LogP contribution is -2.07. The predicted octanol–water partition coefficient (Wildman–Crippen LogP) is 2.78. The van der Waals surface area contributed by atoms with E-state index in [1.165, 1.54) is 6.92 Å². The summed E-state index contributed by atoms with van der Waals surface area (Å²) in [4.78, 5) is 19.8. The number of aryl methyl sites for hydroxylation is 1. The molecule has 7 heteroatoms. The van der Waals surface area contributed by atoms with Crippen LogP contribution in [0.5, 0.6) is 0 Å². The van der Waals surface area contributed by atoms with Gasteiger partial charge in [-0.25, -0.2) is 9.97 Å². The summed E-state index contributed by atoms with van der Waals surface area (Å²) < 4.78 is 3.73.